The van der Waals surface area contributed by atoms with E-state index in [0.29, 0.717) is 0 Å². The molecule has 0 radical (unpaired) electrons. The van der Waals surface area contributed by atoms with Gasteiger partial charge in [-0.05, 0) is 51.1 Å². The molecule has 1 N–H and O–H groups in total. The third-order valence-electron chi connectivity index (χ3n) is 4.32. The Kier molecular flexibility index (Phi) is 5.55. The number of rotatable bonds is 3. The zero-order valence-corrected chi connectivity index (χ0v) is 17.6. The van der Waals surface area contributed by atoms with Gasteiger partial charge in [0.25, 0.3) is 5.91 Å². The van der Waals surface area contributed by atoms with Crippen LogP contribution < -0.4 is 10.2 Å². The van der Waals surface area contributed by atoms with E-state index < -0.39 is 27.4 Å². The Hall–Kier alpha value is -3.38. The maximum Gasteiger partial charge on any atom is 0.407 e. The van der Waals surface area contributed by atoms with E-state index in [9.17, 15) is 23.3 Å². The van der Waals surface area contributed by atoms with Crippen LogP contribution in [0.5, 0.6) is 0 Å². The lowest BCUT2D eigenvalue weighted by Crippen LogP contribution is -2.40. The topological polar surface area (TPSA) is 117 Å². The summed E-state index contributed by atoms with van der Waals surface area (Å²) in [6.07, 6.45) is -0.641. The van der Waals surface area contributed by atoms with Crippen molar-refractivity contribution >= 4 is 27.5 Å². The summed E-state index contributed by atoms with van der Waals surface area (Å²) in [5.74, 6) is -0.511. The number of alkyl carbamates (subject to hydrolysis) is 1. The van der Waals surface area contributed by atoms with Crippen molar-refractivity contribution in [1.29, 1.82) is 5.26 Å². The number of hydrogen-bond acceptors (Lipinski definition) is 6. The molecule has 1 aliphatic rings. The van der Waals surface area contributed by atoms with Crippen LogP contribution in [-0.2, 0) is 14.6 Å². The van der Waals surface area contributed by atoms with Crippen molar-refractivity contribution in [2.75, 3.05) is 18.0 Å². The average molecular weight is 427 g/mol. The van der Waals surface area contributed by atoms with Crippen molar-refractivity contribution in [1.82, 2.24) is 5.32 Å². The van der Waals surface area contributed by atoms with Gasteiger partial charge in [0.2, 0.25) is 9.84 Å². The third-order valence-corrected chi connectivity index (χ3v) is 6.17. The fraction of sp³-hybridized carbons (Fsp3) is 0.286. The molecule has 30 heavy (non-hydrogen) atoms. The Morgan fingerprint density at radius 2 is 1.87 bits per heavy atom. The fourth-order valence-corrected chi connectivity index (χ4v) is 4.75. The number of amides is 2. The zero-order valence-electron chi connectivity index (χ0n) is 16.8. The van der Waals surface area contributed by atoms with E-state index in [1.165, 1.54) is 41.3 Å². The van der Waals surface area contributed by atoms with Gasteiger partial charge in [0.05, 0.1) is 32.7 Å². The van der Waals surface area contributed by atoms with Crippen LogP contribution >= 0.6 is 0 Å². The first-order chi connectivity index (χ1) is 14.0. The largest absolute Gasteiger partial charge is 0.444 e. The predicted molar refractivity (Wildman–Crippen MR) is 109 cm³/mol. The number of ether oxygens (including phenoxy) is 1. The van der Waals surface area contributed by atoms with Crippen LogP contribution in [0.25, 0.3) is 0 Å². The number of nitrogens with zero attached hydrogens (tertiary/aromatic N) is 2. The Balaban J connectivity index is 2.01. The van der Waals surface area contributed by atoms with Gasteiger partial charge in [0.1, 0.15) is 5.60 Å². The summed E-state index contributed by atoms with van der Waals surface area (Å²) in [4.78, 5) is 26.2. The zero-order chi connectivity index (χ0) is 22.1. The molecule has 0 aromatic heterocycles. The van der Waals surface area contributed by atoms with Crippen LogP contribution in [0.2, 0.25) is 0 Å². The van der Waals surface area contributed by atoms with Crippen molar-refractivity contribution in [2.24, 2.45) is 0 Å². The van der Waals surface area contributed by atoms with E-state index >= 15 is 0 Å². The van der Waals surface area contributed by atoms with Gasteiger partial charge in [-0.15, -0.1) is 0 Å². The van der Waals surface area contributed by atoms with Gasteiger partial charge in [0.15, 0.2) is 0 Å². The predicted octanol–water partition coefficient (Wildman–Crippen LogP) is 2.88. The van der Waals surface area contributed by atoms with Gasteiger partial charge in [-0.1, -0.05) is 12.1 Å². The highest BCUT2D eigenvalue weighted by atomic mass is 32.2. The summed E-state index contributed by atoms with van der Waals surface area (Å²) in [5.41, 5.74) is -0.322. The first-order valence-electron chi connectivity index (χ1n) is 9.21. The fourth-order valence-electron chi connectivity index (χ4n) is 3.08. The first kappa shape index (κ1) is 21.3. The second kappa shape index (κ2) is 7.80. The molecule has 3 rings (SSSR count). The highest BCUT2D eigenvalue weighted by Crippen LogP contribution is 2.37. The van der Waals surface area contributed by atoms with Gasteiger partial charge in [-0.25, -0.2) is 13.2 Å². The van der Waals surface area contributed by atoms with Crippen molar-refractivity contribution in [3.8, 4) is 6.07 Å². The number of hydrogen-bond donors (Lipinski definition) is 1. The molecular formula is C21H21N3O5S. The molecule has 1 aliphatic heterocycles. The second-order valence-electron chi connectivity index (χ2n) is 7.68. The molecule has 2 amide bonds. The number of carbonyl (C=O) groups excluding carboxylic acids is 2. The molecule has 0 atom stereocenters. The summed E-state index contributed by atoms with van der Waals surface area (Å²) in [5, 5.41) is 11.8. The maximum atomic E-state index is 13.2. The molecule has 2 aromatic rings. The van der Waals surface area contributed by atoms with Gasteiger partial charge in [-0.3, -0.25) is 4.79 Å². The molecule has 1 heterocycles. The van der Waals surface area contributed by atoms with Crippen LogP contribution in [-0.4, -0.2) is 39.1 Å². The number of benzene rings is 2. The molecule has 0 bridgehead atoms. The van der Waals surface area contributed by atoms with Crippen molar-refractivity contribution in [2.45, 2.75) is 36.2 Å². The molecular weight excluding hydrogens is 406 g/mol. The SMILES string of the molecule is CC(C)(C)OC(=O)NCCN1C(=O)c2ccccc2S(=O)(=O)c2cc(C#N)ccc21. The van der Waals surface area contributed by atoms with Crippen LogP contribution in [0.3, 0.4) is 0 Å². The number of sulfone groups is 1. The van der Waals surface area contributed by atoms with E-state index in [1.54, 1.807) is 26.8 Å². The Bertz CT molecular complexity index is 1160. The Labute approximate surface area is 175 Å². The number of nitriles is 1. The monoisotopic (exact) mass is 427 g/mol. The van der Waals surface area contributed by atoms with E-state index in [1.807, 2.05) is 6.07 Å². The summed E-state index contributed by atoms with van der Waals surface area (Å²) in [6, 6.07) is 12.0. The summed E-state index contributed by atoms with van der Waals surface area (Å²) < 4.78 is 31.7. The minimum Gasteiger partial charge on any atom is -0.444 e. The number of anilines is 1. The molecule has 0 saturated heterocycles. The van der Waals surface area contributed by atoms with Crippen LogP contribution in [0.15, 0.2) is 52.3 Å². The van der Waals surface area contributed by atoms with Gasteiger partial charge >= 0.3 is 6.09 Å². The van der Waals surface area contributed by atoms with E-state index in [-0.39, 0.29) is 39.7 Å². The third kappa shape index (κ3) is 4.14. The maximum absolute atomic E-state index is 13.2. The Morgan fingerprint density at radius 3 is 2.53 bits per heavy atom. The van der Waals surface area contributed by atoms with Crippen molar-refractivity contribution < 1.29 is 22.7 Å². The average Bonchev–Trinajstić information content (AvgIpc) is 2.74. The highest BCUT2D eigenvalue weighted by Gasteiger charge is 2.35. The molecule has 0 aliphatic carbocycles. The summed E-state index contributed by atoms with van der Waals surface area (Å²) >= 11 is 0. The quantitative estimate of drug-likeness (QED) is 0.805. The van der Waals surface area contributed by atoms with E-state index in [0.717, 1.165) is 0 Å². The summed E-state index contributed by atoms with van der Waals surface area (Å²) in [6.45, 7) is 5.25. The standard InChI is InChI=1S/C21H21N3O5S/c1-21(2,3)29-20(26)23-10-11-24-16-9-8-14(13-22)12-18(16)30(27,28)17-7-5-4-6-15(17)19(24)25/h4-9,12H,10-11H2,1-3H3,(H,23,26). The number of fused-ring (bicyclic) bond motifs is 2. The minimum atomic E-state index is -4.03. The molecule has 8 nitrogen and oxygen atoms in total. The van der Waals surface area contributed by atoms with Crippen LogP contribution in [0.1, 0.15) is 36.7 Å². The highest BCUT2D eigenvalue weighted by molar-refractivity contribution is 7.91. The van der Waals surface area contributed by atoms with Crippen molar-refractivity contribution in [3.05, 3.63) is 53.6 Å². The lowest BCUT2D eigenvalue weighted by molar-refractivity contribution is 0.0528. The molecule has 0 unspecified atom stereocenters. The molecule has 0 spiro atoms. The molecule has 2 aromatic carbocycles. The molecule has 9 heteroatoms. The molecule has 0 saturated carbocycles. The molecule has 0 fully saturated rings. The summed E-state index contributed by atoms with van der Waals surface area (Å²) in [7, 11) is -4.03. The van der Waals surface area contributed by atoms with E-state index in [2.05, 4.69) is 5.32 Å². The lowest BCUT2D eigenvalue weighted by atomic mass is 10.1. The van der Waals surface area contributed by atoms with Crippen molar-refractivity contribution in [3.63, 3.8) is 0 Å². The normalized spacial score (nSPS) is 14.7. The van der Waals surface area contributed by atoms with Crippen LogP contribution in [0, 0.1) is 11.3 Å². The smallest absolute Gasteiger partial charge is 0.407 e. The van der Waals surface area contributed by atoms with Gasteiger partial charge in [0, 0.05) is 13.1 Å². The molecule has 156 valence electrons. The number of nitrogens with one attached hydrogen (secondary N) is 1. The number of carbonyl (C=O) groups is 2. The second-order valence-corrected chi connectivity index (χ2v) is 9.57. The van der Waals surface area contributed by atoms with E-state index in [4.69, 9.17) is 4.74 Å². The van der Waals surface area contributed by atoms with Gasteiger partial charge in [-0.2, -0.15) is 5.26 Å². The first-order valence-corrected chi connectivity index (χ1v) is 10.7. The van der Waals surface area contributed by atoms with Gasteiger partial charge < -0.3 is 15.0 Å². The Morgan fingerprint density at radius 1 is 1.17 bits per heavy atom. The van der Waals surface area contributed by atoms with Crippen LogP contribution in [0.4, 0.5) is 10.5 Å². The minimum absolute atomic E-state index is 0.0147. The lowest BCUT2D eigenvalue weighted by Gasteiger charge is -2.24.